The number of hydrogen-bond donors (Lipinski definition) is 2. The number of nitrogens with zero attached hydrogens (tertiary/aromatic N) is 1. The minimum absolute atomic E-state index is 0.0736. The molecular formula is C16H15N3O. The van der Waals surface area contributed by atoms with Gasteiger partial charge in [0, 0.05) is 41.9 Å². The molecular weight excluding hydrogens is 250 g/mol. The predicted molar refractivity (Wildman–Crippen MR) is 82.2 cm³/mol. The SMILES string of the molecule is CC(=O)Nc1ccc2c(c1)C(=C(C)c1ccc[nH]1)C=N2. The minimum Gasteiger partial charge on any atom is -0.361 e. The highest BCUT2D eigenvalue weighted by atomic mass is 16.1. The number of carbonyl (C=O) groups is 1. The Hall–Kier alpha value is -2.62. The second-order valence-electron chi connectivity index (χ2n) is 4.79. The molecule has 2 aromatic rings. The molecule has 0 radical (unpaired) electrons. The first-order valence-electron chi connectivity index (χ1n) is 6.46. The first-order chi connectivity index (χ1) is 9.65. The van der Waals surface area contributed by atoms with Crippen LogP contribution in [-0.2, 0) is 4.79 Å². The highest BCUT2D eigenvalue weighted by Crippen LogP contribution is 2.37. The van der Waals surface area contributed by atoms with E-state index >= 15 is 0 Å². The molecule has 1 aromatic heterocycles. The summed E-state index contributed by atoms with van der Waals surface area (Å²) in [6.07, 6.45) is 3.78. The summed E-state index contributed by atoms with van der Waals surface area (Å²) in [5.74, 6) is -0.0736. The highest BCUT2D eigenvalue weighted by molar-refractivity contribution is 6.24. The summed E-state index contributed by atoms with van der Waals surface area (Å²) in [4.78, 5) is 18.8. The second-order valence-corrected chi connectivity index (χ2v) is 4.79. The topological polar surface area (TPSA) is 57.2 Å². The Morgan fingerprint density at radius 1 is 1.25 bits per heavy atom. The fraction of sp³-hybridized carbons (Fsp3) is 0.125. The van der Waals surface area contributed by atoms with Crippen molar-refractivity contribution < 1.29 is 4.79 Å². The van der Waals surface area contributed by atoms with Crippen molar-refractivity contribution in [1.29, 1.82) is 0 Å². The molecule has 1 amide bonds. The minimum atomic E-state index is -0.0736. The number of anilines is 1. The third kappa shape index (κ3) is 2.16. The largest absolute Gasteiger partial charge is 0.361 e. The zero-order chi connectivity index (χ0) is 14.1. The van der Waals surface area contributed by atoms with Crippen LogP contribution in [0.25, 0.3) is 11.1 Å². The Morgan fingerprint density at radius 2 is 2.10 bits per heavy atom. The van der Waals surface area contributed by atoms with Gasteiger partial charge in [0.05, 0.1) is 5.69 Å². The van der Waals surface area contributed by atoms with Crippen LogP contribution in [0.4, 0.5) is 11.4 Å². The predicted octanol–water partition coefficient (Wildman–Crippen LogP) is 3.62. The summed E-state index contributed by atoms with van der Waals surface area (Å²) >= 11 is 0. The summed E-state index contributed by atoms with van der Waals surface area (Å²) in [7, 11) is 0. The number of benzene rings is 1. The number of allylic oxidation sites excluding steroid dienone is 2. The van der Waals surface area contributed by atoms with E-state index in [0.29, 0.717) is 0 Å². The van der Waals surface area contributed by atoms with E-state index in [1.807, 2.05) is 42.7 Å². The molecule has 0 atom stereocenters. The van der Waals surface area contributed by atoms with E-state index in [1.165, 1.54) is 6.92 Å². The summed E-state index contributed by atoms with van der Waals surface area (Å²) in [5, 5.41) is 2.80. The van der Waals surface area contributed by atoms with Gasteiger partial charge in [-0.25, -0.2) is 0 Å². The summed E-state index contributed by atoms with van der Waals surface area (Å²) in [6.45, 7) is 3.57. The number of aromatic amines is 1. The first kappa shape index (κ1) is 12.4. The van der Waals surface area contributed by atoms with Gasteiger partial charge >= 0.3 is 0 Å². The third-order valence-electron chi connectivity index (χ3n) is 3.35. The van der Waals surface area contributed by atoms with Crippen LogP contribution in [0.2, 0.25) is 0 Å². The van der Waals surface area contributed by atoms with Gasteiger partial charge in [-0.2, -0.15) is 0 Å². The van der Waals surface area contributed by atoms with Gasteiger partial charge in [-0.05, 0) is 42.8 Å². The smallest absolute Gasteiger partial charge is 0.221 e. The Balaban J connectivity index is 2.06. The number of H-pyrrole nitrogens is 1. The van der Waals surface area contributed by atoms with E-state index in [9.17, 15) is 4.79 Å². The van der Waals surface area contributed by atoms with Crippen molar-refractivity contribution in [3.8, 4) is 0 Å². The van der Waals surface area contributed by atoms with E-state index in [4.69, 9.17) is 0 Å². The molecule has 2 heterocycles. The van der Waals surface area contributed by atoms with Gasteiger partial charge in [0.2, 0.25) is 5.91 Å². The number of aromatic nitrogens is 1. The number of aliphatic imine (C=N–C) groups is 1. The molecule has 4 heteroatoms. The van der Waals surface area contributed by atoms with Crippen LogP contribution in [0.3, 0.4) is 0 Å². The van der Waals surface area contributed by atoms with Crippen molar-refractivity contribution in [2.45, 2.75) is 13.8 Å². The molecule has 2 N–H and O–H groups in total. The lowest BCUT2D eigenvalue weighted by atomic mass is 10.00. The Labute approximate surface area is 117 Å². The lowest BCUT2D eigenvalue weighted by Gasteiger charge is -2.08. The van der Waals surface area contributed by atoms with Crippen molar-refractivity contribution in [3.05, 3.63) is 47.8 Å². The van der Waals surface area contributed by atoms with Crippen LogP contribution in [0, 0.1) is 0 Å². The van der Waals surface area contributed by atoms with E-state index in [1.54, 1.807) is 0 Å². The average Bonchev–Trinajstić information content (AvgIpc) is 3.06. The Morgan fingerprint density at radius 3 is 2.80 bits per heavy atom. The lowest BCUT2D eigenvalue weighted by molar-refractivity contribution is -0.114. The first-order valence-corrected chi connectivity index (χ1v) is 6.46. The molecule has 0 unspecified atom stereocenters. The maximum atomic E-state index is 11.2. The van der Waals surface area contributed by atoms with Crippen molar-refractivity contribution in [3.63, 3.8) is 0 Å². The van der Waals surface area contributed by atoms with E-state index in [0.717, 1.165) is 33.8 Å². The molecule has 3 rings (SSSR count). The standard InChI is InChI=1S/C16H15N3O/c1-10(15-4-3-7-17-15)14-9-18-16-6-5-12(8-13(14)16)19-11(2)20/h3-9,17H,1-2H3,(H,19,20). The van der Waals surface area contributed by atoms with E-state index < -0.39 is 0 Å². The molecule has 0 aliphatic carbocycles. The van der Waals surface area contributed by atoms with Gasteiger partial charge in [0.15, 0.2) is 0 Å². The molecule has 0 saturated heterocycles. The quantitative estimate of drug-likeness (QED) is 0.856. The molecule has 0 saturated carbocycles. The maximum absolute atomic E-state index is 11.2. The number of amides is 1. The summed E-state index contributed by atoms with van der Waals surface area (Å²) < 4.78 is 0. The maximum Gasteiger partial charge on any atom is 0.221 e. The molecule has 4 nitrogen and oxygen atoms in total. The Bertz CT molecular complexity index is 724. The van der Waals surface area contributed by atoms with Gasteiger partial charge in [-0.3, -0.25) is 9.79 Å². The Kier molecular flexibility index (Phi) is 2.99. The lowest BCUT2D eigenvalue weighted by Crippen LogP contribution is -2.05. The highest BCUT2D eigenvalue weighted by Gasteiger charge is 2.16. The molecule has 20 heavy (non-hydrogen) atoms. The molecule has 1 aliphatic heterocycles. The molecule has 1 aliphatic rings. The molecule has 0 fully saturated rings. The number of fused-ring (bicyclic) bond motifs is 1. The van der Waals surface area contributed by atoms with Gasteiger partial charge in [0.25, 0.3) is 0 Å². The van der Waals surface area contributed by atoms with Crippen molar-refractivity contribution in [1.82, 2.24) is 4.98 Å². The van der Waals surface area contributed by atoms with Gasteiger partial charge in [0.1, 0.15) is 0 Å². The molecule has 1 aromatic carbocycles. The molecule has 0 spiro atoms. The van der Waals surface area contributed by atoms with Crippen LogP contribution >= 0.6 is 0 Å². The van der Waals surface area contributed by atoms with Crippen LogP contribution < -0.4 is 5.32 Å². The second kappa shape index (κ2) is 4.81. The zero-order valence-corrected chi connectivity index (χ0v) is 11.4. The van der Waals surface area contributed by atoms with Gasteiger partial charge in [-0.15, -0.1) is 0 Å². The monoisotopic (exact) mass is 265 g/mol. The fourth-order valence-electron chi connectivity index (χ4n) is 2.36. The number of rotatable bonds is 2. The van der Waals surface area contributed by atoms with Gasteiger partial charge < -0.3 is 10.3 Å². The van der Waals surface area contributed by atoms with Crippen LogP contribution in [0.15, 0.2) is 41.5 Å². The van der Waals surface area contributed by atoms with E-state index in [2.05, 4.69) is 22.2 Å². The molecule has 100 valence electrons. The fourth-order valence-corrected chi connectivity index (χ4v) is 2.36. The molecule has 0 bridgehead atoms. The van der Waals surface area contributed by atoms with Gasteiger partial charge in [-0.1, -0.05) is 0 Å². The van der Waals surface area contributed by atoms with Crippen molar-refractivity contribution >= 4 is 34.6 Å². The number of hydrogen-bond acceptors (Lipinski definition) is 2. The third-order valence-corrected chi connectivity index (χ3v) is 3.35. The van der Waals surface area contributed by atoms with Crippen LogP contribution in [-0.4, -0.2) is 17.1 Å². The van der Waals surface area contributed by atoms with Crippen LogP contribution in [0.1, 0.15) is 25.1 Å². The zero-order valence-electron chi connectivity index (χ0n) is 11.4. The van der Waals surface area contributed by atoms with Crippen LogP contribution in [0.5, 0.6) is 0 Å². The number of carbonyl (C=O) groups excluding carboxylic acids is 1. The summed E-state index contributed by atoms with van der Waals surface area (Å²) in [6, 6.07) is 9.76. The van der Waals surface area contributed by atoms with E-state index in [-0.39, 0.29) is 5.91 Å². The van der Waals surface area contributed by atoms with Crippen molar-refractivity contribution in [2.24, 2.45) is 4.99 Å². The number of nitrogens with one attached hydrogen (secondary N) is 2. The summed E-state index contributed by atoms with van der Waals surface area (Å²) in [5.41, 5.74) is 6.05. The normalized spacial score (nSPS) is 15.1. The van der Waals surface area contributed by atoms with Crippen molar-refractivity contribution in [2.75, 3.05) is 5.32 Å². The average molecular weight is 265 g/mol.